The molecule has 0 aliphatic rings. The molecule has 0 radical (unpaired) electrons. The minimum Gasteiger partial charge on any atom is -0.436 e. The predicted molar refractivity (Wildman–Crippen MR) is 59.8 cm³/mol. The monoisotopic (exact) mass is 271 g/mol. The molecule has 0 aliphatic carbocycles. The van der Waals surface area contributed by atoms with Gasteiger partial charge in [-0.3, -0.25) is 4.79 Å². The summed E-state index contributed by atoms with van der Waals surface area (Å²) in [5.41, 5.74) is 0.158. The van der Waals surface area contributed by atoms with Crippen molar-refractivity contribution in [1.82, 2.24) is 14.5 Å². The Morgan fingerprint density at radius 2 is 2.26 bits per heavy atom. The second kappa shape index (κ2) is 5.27. The van der Waals surface area contributed by atoms with E-state index in [1.54, 1.807) is 0 Å². The van der Waals surface area contributed by atoms with E-state index in [1.165, 1.54) is 24.7 Å². The first-order chi connectivity index (χ1) is 8.97. The van der Waals surface area contributed by atoms with Crippen LogP contribution < -0.4 is 0 Å². The minimum absolute atomic E-state index is 0.0508. The molecule has 1 atom stereocenters. The van der Waals surface area contributed by atoms with Gasteiger partial charge in [0, 0.05) is 13.0 Å². The molecule has 19 heavy (non-hydrogen) atoms. The summed E-state index contributed by atoms with van der Waals surface area (Å²) in [6, 6.07) is 1.05. The Bertz CT molecular complexity index is 614. The van der Waals surface area contributed by atoms with Crippen LogP contribution in [-0.4, -0.2) is 26.8 Å². The van der Waals surface area contributed by atoms with Gasteiger partial charge >= 0.3 is 5.97 Å². The average Bonchev–Trinajstić information content (AvgIpc) is 2.68. The molecule has 0 amide bonds. The molecule has 1 unspecified atom stereocenters. The summed E-state index contributed by atoms with van der Waals surface area (Å²) in [6.45, 7) is 2.72. The number of halogens is 2. The van der Waals surface area contributed by atoms with Crippen molar-refractivity contribution in [1.29, 1.82) is 0 Å². The summed E-state index contributed by atoms with van der Waals surface area (Å²) in [4.78, 5) is 17.5. The molecule has 2 heterocycles. The zero-order chi connectivity index (χ0) is 14.0. The number of carbonyl (C=O) groups excluding carboxylic acids is 1. The molecule has 0 bridgehead atoms. The highest BCUT2D eigenvalue weighted by Crippen LogP contribution is 2.16. The lowest BCUT2D eigenvalue weighted by atomic mass is 10.4. The van der Waals surface area contributed by atoms with Gasteiger partial charge in [-0.05, 0) is 6.92 Å². The van der Waals surface area contributed by atoms with Crippen LogP contribution in [0.3, 0.4) is 0 Å². The fourth-order valence-electron chi connectivity index (χ4n) is 1.55. The number of hydrogen-bond donors (Lipinski definition) is 0. The number of carbonyl (C=O) groups is 1. The molecule has 8 heteroatoms. The first-order valence-corrected chi connectivity index (χ1v) is 5.43. The van der Waals surface area contributed by atoms with Crippen LogP contribution in [0.15, 0.2) is 12.4 Å². The molecule has 0 aliphatic heterocycles. The lowest BCUT2D eigenvalue weighted by molar-refractivity contribution is -0.178. The van der Waals surface area contributed by atoms with Crippen LogP contribution in [0, 0.1) is 11.9 Å². The second-order valence-electron chi connectivity index (χ2n) is 3.79. The van der Waals surface area contributed by atoms with Crippen molar-refractivity contribution in [2.24, 2.45) is 0 Å². The molecule has 6 nitrogen and oxygen atoms in total. The number of nitrogens with zero attached hydrogens (tertiary/aromatic N) is 3. The van der Waals surface area contributed by atoms with Crippen molar-refractivity contribution in [3.05, 3.63) is 24.3 Å². The van der Waals surface area contributed by atoms with Crippen molar-refractivity contribution >= 4 is 17.0 Å². The Hall–Kier alpha value is -2.09. The lowest BCUT2D eigenvalue weighted by Crippen LogP contribution is -2.17. The Balaban J connectivity index is 2.15. The van der Waals surface area contributed by atoms with Gasteiger partial charge < -0.3 is 14.0 Å². The number of esters is 1. The van der Waals surface area contributed by atoms with Crippen LogP contribution in [0.5, 0.6) is 0 Å². The third-order valence-corrected chi connectivity index (χ3v) is 2.31. The number of ether oxygens (including phenoxy) is 2. The molecule has 2 aromatic heterocycles. The molecule has 0 fully saturated rings. The molecule has 2 aromatic rings. The lowest BCUT2D eigenvalue weighted by Gasteiger charge is -2.13. The van der Waals surface area contributed by atoms with E-state index in [4.69, 9.17) is 9.47 Å². The molecular weight excluding hydrogens is 260 g/mol. The molecule has 0 N–H and O–H groups in total. The zero-order valence-corrected chi connectivity index (χ0v) is 10.3. The SMILES string of the molecule is CC(=O)OC(C)OCn1cnc2c(F)nc(F)cc21. The maximum absolute atomic E-state index is 13.3. The van der Waals surface area contributed by atoms with E-state index < -0.39 is 24.2 Å². The summed E-state index contributed by atoms with van der Waals surface area (Å²) >= 11 is 0. The highest BCUT2D eigenvalue weighted by atomic mass is 19.1. The van der Waals surface area contributed by atoms with E-state index in [9.17, 15) is 13.6 Å². The van der Waals surface area contributed by atoms with Crippen molar-refractivity contribution < 1.29 is 23.0 Å². The first kappa shape index (κ1) is 13.3. The molecule has 0 aromatic carbocycles. The normalized spacial score (nSPS) is 12.6. The fraction of sp³-hybridized carbons (Fsp3) is 0.364. The van der Waals surface area contributed by atoms with Gasteiger partial charge in [-0.1, -0.05) is 0 Å². The number of rotatable bonds is 4. The smallest absolute Gasteiger partial charge is 0.304 e. The van der Waals surface area contributed by atoms with Crippen LogP contribution in [-0.2, 0) is 21.0 Å². The number of hydrogen-bond acceptors (Lipinski definition) is 5. The van der Waals surface area contributed by atoms with Crippen LogP contribution in [0.25, 0.3) is 11.0 Å². The summed E-state index contributed by atoms with van der Waals surface area (Å²) in [5, 5.41) is 0. The third-order valence-electron chi connectivity index (χ3n) is 2.31. The topological polar surface area (TPSA) is 66.2 Å². The van der Waals surface area contributed by atoms with Crippen molar-refractivity contribution in [2.75, 3.05) is 0 Å². The van der Waals surface area contributed by atoms with Crippen molar-refractivity contribution in [3.8, 4) is 0 Å². The predicted octanol–water partition coefficient (Wildman–Crippen LogP) is 1.59. The summed E-state index contributed by atoms with van der Waals surface area (Å²) in [6.07, 6.45) is 0.515. The highest BCUT2D eigenvalue weighted by molar-refractivity contribution is 5.74. The van der Waals surface area contributed by atoms with E-state index in [1.807, 2.05) is 0 Å². The molecule has 0 saturated heterocycles. The quantitative estimate of drug-likeness (QED) is 0.480. The minimum atomic E-state index is -0.984. The van der Waals surface area contributed by atoms with Crippen molar-refractivity contribution in [3.63, 3.8) is 0 Å². The van der Waals surface area contributed by atoms with Gasteiger partial charge in [0.25, 0.3) is 0 Å². The first-order valence-electron chi connectivity index (χ1n) is 5.43. The molecule has 0 saturated carbocycles. The van der Waals surface area contributed by atoms with E-state index in [2.05, 4.69) is 9.97 Å². The van der Waals surface area contributed by atoms with Crippen LogP contribution in [0.4, 0.5) is 8.78 Å². The number of aromatic nitrogens is 3. The number of fused-ring (bicyclic) bond motifs is 1. The third kappa shape index (κ3) is 3.02. The number of imidazole rings is 1. The van der Waals surface area contributed by atoms with E-state index in [0.717, 1.165) is 6.07 Å². The van der Waals surface area contributed by atoms with Gasteiger partial charge in [0.05, 0.1) is 11.8 Å². The molecule has 0 spiro atoms. The molecule has 2 rings (SSSR count). The van der Waals surface area contributed by atoms with E-state index in [-0.39, 0.29) is 17.8 Å². The van der Waals surface area contributed by atoms with Gasteiger partial charge in [0.2, 0.25) is 18.2 Å². The van der Waals surface area contributed by atoms with Gasteiger partial charge in [-0.2, -0.15) is 13.8 Å². The Morgan fingerprint density at radius 3 is 2.95 bits per heavy atom. The summed E-state index contributed by atoms with van der Waals surface area (Å²) in [7, 11) is 0. The fourth-order valence-corrected chi connectivity index (χ4v) is 1.55. The van der Waals surface area contributed by atoms with Gasteiger partial charge in [0.1, 0.15) is 12.2 Å². The summed E-state index contributed by atoms with van der Waals surface area (Å²) in [5.74, 6) is -2.41. The molecular formula is C11H11F2N3O3. The number of pyridine rings is 1. The van der Waals surface area contributed by atoms with Crippen LogP contribution in [0.2, 0.25) is 0 Å². The van der Waals surface area contributed by atoms with Crippen LogP contribution >= 0.6 is 0 Å². The Labute approximate surface area is 107 Å². The maximum atomic E-state index is 13.3. The van der Waals surface area contributed by atoms with E-state index >= 15 is 0 Å². The van der Waals surface area contributed by atoms with Crippen LogP contribution in [0.1, 0.15) is 13.8 Å². The average molecular weight is 271 g/mol. The standard InChI is InChI=1S/C11H11F2N3O3/c1-6(17)19-7(2)18-5-16-4-14-10-8(16)3-9(12)15-11(10)13/h3-4,7H,5H2,1-2H3. The van der Waals surface area contributed by atoms with Gasteiger partial charge in [0.15, 0.2) is 0 Å². The summed E-state index contributed by atoms with van der Waals surface area (Å²) < 4.78 is 37.6. The maximum Gasteiger partial charge on any atom is 0.304 e. The zero-order valence-electron chi connectivity index (χ0n) is 10.3. The van der Waals surface area contributed by atoms with Gasteiger partial charge in [-0.25, -0.2) is 4.98 Å². The van der Waals surface area contributed by atoms with Crippen molar-refractivity contribution in [2.45, 2.75) is 26.9 Å². The Morgan fingerprint density at radius 1 is 1.53 bits per heavy atom. The molecule has 102 valence electrons. The van der Waals surface area contributed by atoms with E-state index in [0.29, 0.717) is 0 Å². The Kier molecular flexibility index (Phi) is 3.70. The van der Waals surface area contributed by atoms with Gasteiger partial charge in [-0.15, -0.1) is 0 Å². The highest BCUT2D eigenvalue weighted by Gasteiger charge is 2.12. The second-order valence-corrected chi connectivity index (χ2v) is 3.79. The largest absolute Gasteiger partial charge is 0.436 e.